The molecule has 0 spiro atoms. The Morgan fingerprint density at radius 2 is 2.05 bits per heavy atom. The third-order valence-electron chi connectivity index (χ3n) is 2.85. The van der Waals surface area contributed by atoms with Gasteiger partial charge in [0.2, 0.25) is 0 Å². The fourth-order valence-electron chi connectivity index (χ4n) is 1.82. The van der Waals surface area contributed by atoms with Gasteiger partial charge < -0.3 is 35.5 Å². The highest BCUT2D eigenvalue weighted by Gasteiger charge is 2.43. The zero-order valence-electron chi connectivity index (χ0n) is 9.80. The maximum atomic E-state index is 11.0. The van der Waals surface area contributed by atoms with Gasteiger partial charge in [-0.15, -0.1) is 0 Å². The normalized spacial score (nSPS) is 35.1. The van der Waals surface area contributed by atoms with E-state index >= 15 is 0 Å². The minimum absolute atomic E-state index is 0.132. The Balaban J connectivity index is 2.13. The number of aliphatic hydroxyl groups excluding tert-OH is 4. The van der Waals surface area contributed by atoms with Gasteiger partial charge in [-0.05, 0) is 6.07 Å². The van der Waals surface area contributed by atoms with Gasteiger partial charge in [0.05, 0.1) is 6.61 Å². The lowest BCUT2D eigenvalue weighted by Crippen LogP contribution is -2.60. The van der Waals surface area contributed by atoms with Gasteiger partial charge in [-0.25, -0.2) is 4.79 Å². The molecule has 0 radical (unpaired) electrons. The third kappa shape index (κ3) is 2.91. The van der Waals surface area contributed by atoms with E-state index in [2.05, 4.69) is 15.3 Å². The van der Waals surface area contributed by atoms with Crippen LogP contribution in [0.5, 0.6) is 0 Å². The van der Waals surface area contributed by atoms with Crippen molar-refractivity contribution >= 4 is 5.82 Å². The average molecular weight is 273 g/mol. The summed E-state index contributed by atoms with van der Waals surface area (Å²) >= 11 is 0. The van der Waals surface area contributed by atoms with Crippen molar-refractivity contribution in [1.82, 2.24) is 9.97 Å². The minimum atomic E-state index is -1.48. The Morgan fingerprint density at radius 3 is 2.68 bits per heavy atom. The molecule has 0 unspecified atom stereocenters. The van der Waals surface area contributed by atoms with Crippen LogP contribution in [-0.2, 0) is 4.74 Å². The molecule has 0 aromatic carbocycles. The van der Waals surface area contributed by atoms with Crippen LogP contribution >= 0.6 is 0 Å². The van der Waals surface area contributed by atoms with E-state index in [4.69, 9.17) is 9.84 Å². The number of hydrogen-bond donors (Lipinski definition) is 6. The number of aliphatic hydroxyl groups is 4. The maximum absolute atomic E-state index is 11.0. The molecule has 19 heavy (non-hydrogen) atoms. The number of nitrogens with one attached hydrogen (secondary N) is 2. The lowest BCUT2D eigenvalue weighted by atomic mass is 9.98. The van der Waals surface area contributed by atoms with Crippen LogP contribution in [0.4, 0.5) is 5.82 Å². The Morgan fingerprint density at radius 1 is 1.32 bits per heavy atom. The largest absolute Gasteiger partial charge is 0.394 e. The van der Waals surface area contributed by atoms with Crippen LogP contribution < -0.4 is 11.0 Å². The maximum Gasteiger partial charge on any atom is 0.346 e. The summed E-state index contributed by atoms with van der Waals surface area (Å²) in [5, 5.41) is 40.6. The second kappa shape index (κ2) is 5.63. The number of aromatic amines is 1. The highest BCUT2D eigenvalue weighted by atomic mass is 16.6. The van der Waals surface area contributed by atoms with Crippen LogP contribution in [0.15, 0.2) is 17.1 Å². The van der Waals surface area contributed by atoms with Crippen LogP contribution in [0, 0.1) is 0 Å². The molecule has 106 valence electrons. The molecule has 1 saturated heterocycles. The number of aromatic nitrogens is 2. The van der Waals surface area contributed by atoms with Crippen LogP contribution in [0.3, 0.4) is 0 Å². The summed E-state index contributed by atoms with van der Waals surface area (Å²) in [6.45, 7) is -0.522. The van der Waals surface area contributed by atoms with Crippen molar-refractivity contribution in [2.75, 3.05) is 11.9 Å². The molecular formula is C10H15N3O6. The van der Waals surface area contributed by atoms with Crippen molar-refractivity contribution in [3.05, 3.63) is 22.7 Å². The molecule has 1 aromatic heterocycles. The van der Waals surface area contributed by atoms with Crippen LogP contribution in [0.2, 0.25) is 0 Å². The first-order chi connectivity index (χ1) is 9.02. The summed E-state index contributed by atoms with van der Waals surface area (Å²) in [5.41, 5.74) is -0.588. The number of H-pyrrole nitrogens is 1. The number of nitrogens with zero attached hydrogens (tertiary/aromatic N) is 1. The smallest absolute Gasteiger partial charge is 0.346 e. The first kappa shape index (κ1) is 13.9. The molecule has 1 aliphatic rings. The monoisotopic (exact) mass is 273 g/mol. The van der Waals surface area contributed by atoms with Gasteiger partial charge in [0.25, 0.3) is 0 Å². The Kier molecular flexibility index (Phi) is 4.12. The first-order valence-corrected chi connectivity index (χ1v) is 5.65. The SMILES string of the molecule is O=c1nc(N[C@@H]2O[C@H](CO)[C@@H](O)[C@H](O)[C@H]2O)cc[nH]1. The number of rotatable bonds is 3. The summed E-state index contributed by atoms with van der Waals surface area (Å²) in [6.07, 6.45) is -5.11. The van der Waals surface area contributed by atoms with Crippen molar-refractivity contribution in [2.24, 2.45) is 0 Å². The van der Waals surface area contributed by atoms with Crippen molar-refractivity contribution in [1.29, 1.82) is 0 Å². The van der Waals surface area contributed by atoms with Gasteiger partial charge in [0, 0.05) is 6.20 Å². The fourth-order valence-corrected chi connectivity index (χ4v) is 1.82. The van der Waals surface area contributed by atoms with E-state index in [1.165, 1.54) is 12.3 Å². The molecule has 2 heterocycles. The van der Waals surface area contributed by atoms with E-state index in [0.29, 0.717) is 0 Å². The second-order valence-corrected chi connectivity index (χ2v) is 4.17. The summed E-state index contributed by atoms with van der Waals surface area (Å²) in [7, 11) is 0. The fraction of sp³-hybridized carbons (Fsp3) is 0.600. The van der Waals surface area contributed by atoms with E-state index in [1.807, 2.05) is 0 Å². The first-order valence-electron chi connectivity index (χ1n) is 5.65. The zero-order chi connectivity index (χ0) is 14.0. The van der Waals surface area contributed by atoms with Crippen LogP contribution in [0.25, 0.3) is 0 Å². The minimum Gasteiger partial charge on any atom is -0.394 e. The predicted molar refractivity (Wildman–Crippen MR) is 62.2 cm³/mol. The topological polar surface area (TPSA) is 148 Å². The average Bonchev–Trinajstić information content (AvgIpc) is 2.39. The van der Waals surface area contributed by atoms with E-state index in [0.717, 1.165) is 0 Å². The summed E-state index contributed by atoms with van der Waals surface area (Å²) in [5.74, 6) is 0.132. The molecule has 5 atom stereocenters. The second-order valence-electron chi connectivity index (χ2n) is 4.17. The standard InChI is InChI=1S/C10H15N3O6/c14-3-4-6(15)7(16)8(17)9(19-4)12-5-1-2-11-10(18)13-5/h1-2,4,6-9,14-17H,3H2,(H2,11,12,13,18)/t4-,6-,7+,8-,9-/m1/s1. The van der Waals surface area contributed by atoms with Gasteiger partial charge >= 0.3 is 5.69 Å². The van der Waals surface area contributed by atoms with Crippen molar-refractivity contribution < 1.29 is 25.2 Å². The van der Waals surface area contributed by atoms with Crippen molar-refractivity contribution in [3.8, 4) is 0 Å². The number of hydrogen-bond acceptors (Lipinski definition) is 8. The van der Waals surface area contributed by atoms with E-state index in [1.54, 1.807) is 0 Å². The highest BCUT2D eigenvalue weighted by Crippen LogP contribution is 2.21. The molecule has 0 amide bonds. The van der Waals surface area contributed by atoms with E-state index < -0.39 is 42.9 Å². The Bertz CT molecular complexity index is 478. The lowest BCUT2D eigenvalue weighted by Gasteiger charge is -2.40. The molecule has 9 heteroatoms. The van der Waals surface area contributed by atoms with Gasteiger partial charge in [0.15, 0.2) is 6.23 Å². The number of anilines is 1. The number of ether oxygens (including phenoxy) is 1. The summed E-state index contributed by atoms with van der Waals surface area (Å²) < 4.78 is 5.20. The van der Waals surface area contributed by atoms with Gasteiger partial charge in [-0.1, -0.05) is 0 Å². The molecule has 9 nitrogen and oxygen atoms in total. The summed E-state index contributed by atoms with van der Waals surface area (Å²) in [6, 6.07) is 1.43. The van der Waals surface area contributed by atoms with Crippen molar-refractivity contribution in [2.45, 2.75) is 30.6 Å². The van der Waals surface area contributed by atoms with E-state index in [-0.39, 0.29) is 5.82 Å². The highest BCUT2D eigenvalue weighted by molar-refractivity contribution is 5.33. The third-order valence-corrected chi connectivity index (χ3v) is 2.85. The molecule has 1 fully saturated rings. The van der Waals surface area contributed by atoms with Gasteiger partial charge in [-0.3, -0.25) is 0 Å². The molecule has 2 rings (SSSR count). The molecule has 0 bridgehead atoms. The van der Waals surface area contributed by atoms with E-state index in [9.17, 15) is 20.1 Å². The molecule has 6 N–H and O–H groups in total. The Hall–Kier alpha value is -1.52. The van der Waals surface area contributed by atoms with Crippen molar-refractivity contribution in [3.63, 3.8) is 0 Å². The van der Waals surface area contributed by atoms with Crippen LogP contribution in [0.1, 0.15) is 0 Å². The molecular weight excluding hydrogens is 258 g/mol. The molecule has 0 saturated carbocycles. The molecule has 0 aliphatic carbocycles. The quantitative estimate of drug-likeness (QED) is 0.341. The summed E-state index contributed by atoms with van der Waals surface area (Å²) in [4.78, 5) is 16.9. The van der Waals surface area contributed by atoms with Gasteiger partial charge in [-0.2, -0.15) is 4.98 Å². The lowest BCUT2D eigenvalue weighted by molar-refractivity contribution is -0.221. The Labute approximate surface area is 107 Å². The molecule has 1 aromatic rings. The van der Waals surface area contributed by atoms with Gasteiger partial charge in [0.1, 0.15) is 30.2 Å². The molecule has 1 aliphatic heterocycles. The predicted octanol–water partition coefficient (Wildman–Crippen LogP) is -3.02. The zero-order valence-corrected chi connectivity index (χ0v) is 9.80. The van der Waals surface area contributed by atoms with Crippen LogP contribution in [-0.4, -0.2) is 67.6 Å².